The summed E-state index contributed by atoms with van der Waals surface area (Å²) in [5.74, 6) is 0.312. The highest BCUT2D eigenvalue weighted by molar-refractivity contribution is 8.00. The van der Waals surface area contributed by atoms with E-state index in [4.69, 9.17) is 74.3 Å². The van der Waals surface area contributed by atoms with Crippen molar-refractivity contribution in [3.63, 3.8) is 0 Å². The average Bonchev–Trinajstić information content (AvgIpc) is 2.68. The smallest absolute Gasteiger partial charge is 0.410 e. The highest BCUT2D eigenvalue weighted by Crippen LogP contribution is 2.55. The van der Waals surface area contributed by atoms with Gasteiger partial charge in [-0.1, -0.05) is 81.4 Å². The number of hydrogen-bond donors (Lipinski definition) is 0. The Hall–Kier alpha value is -0.980. The van der Waals surface area contributed by atoms with Crippen LogP contribution in [0.4, 0.5) is 16.2 Å². The number of amides is 1. The first kappa shape index (κ1) is 21.3. The summed E-state index contributed by atoms with van der Waals surface area (Å²) in [6.07, 6.45) is -0.692. The highest BCUT2D eigenvalue weighted by Gasteiger charge is 2.33. The molecule has 3 aromatic rings. The minimum atomic E-state index is -0.692. The quantitative estimate of drug-likeness (QED) is 0.296. The number of rotatable bonds is 1. The molecule has 0 saturated heterocycles. The summed E-state index contributed by atoms with van der Waals surface area (Å²) in [6.45, 7) is 0. The van der Waals surface area contributed by atoms with E-state index in [1.165, 1.54) is 16.7 Å². The number of benzene rings is 3. The molecule has 1 amide bonds. The Kier molecular flexibility index (Phi) is 6.07. The maximum Gasteiger partial charge on any atom is 0.424 e. The van der Waals surface area contributed by atoms with Crippen molar-refractivity contribution in [1.29, 1.82) is 0 Å². The van der Waals surface area contributed by atoms with E-state index >= 15 is 0 Å². The van der Waals surface area contributed by atoms with Gasteiger partial charge in [-0.05, 0) is 42.5 Å². The molecule has 0 bridgehead atoms. The van der Waals surface area contributed by atoms with Gasteiger partial charge in [0, 0.05) is 9.92 Å². The minimum absolute atomic E-state index is 0.189. The fourth-order valence-corrected chi connectivity index (χ4v) is 5.06. The van der Waals surface area contributed by atoms with Crippen LogP contribution in [-0.2, 0) is 0 Å². The van der Waals surface area contributed by atoms with E-state index < -0.39 is 6.09 Å². The third-order valence-corrected chi connectivity index (χ3v) is 7.51. The second-order valence-corrected chi connectivity index (χ2v) is 9.29. The molecule has 3 nitrogen and oxygen atoms in total. The molecular weight excluding hydrogens is 519 g/mol. The lowest BCUT2D eigenvalue weighted by atomic mass is 10.2. The van der Waals surface area contributed by atoms with Gasteiger partial charge in [0.2, 0.25) is 0 Å². The first-order valence-electron chi connectivity index (χ1n) is 7.88. The number of carbonyl (C=O) groups is 1. The molecule has 1 aliphatic heterocycles. The van der Waals surface area contributed by atoms with E-state index in [9.17, 15) is 4.79 Å². The lowest BCUT2D eigenvalue weighted by Gasteiger charge is -2.31. The van der Waals surface area contributed by atoms with Crippen molar-refractivity contribution < 1.29 is 9.53 Å². The van der Waals surface area contributed by atoms with Gasteiger partial charge in [-0.2, -0.15) is 0 Å². The number of ether oxygens (including phenoxy) is 1. The molecule has 29 heavy (non-hydrogen) atoms. The number of halogens is 6. The summed E-state index contributed by atoms with van der Waals surface area (Å²) < 4.78 is 5.53. The van der Waals surface area contributed by atoms with Gasteiger partial charge in [-0.3, -0.25) is 0 Å². The summed E-state index contributed by atoms with van der Waals surface area (Å²) in [7, 11) is 0. The molecule has 1 heterocycles. The Balaban J connectivity index is 1.86. The fourth-order valence-electron chi connectivity index (χ4n) is 2.69. The standard InChI is InChI=1S/C19H7Cl6NO2S/c20-8-1-3-9(4-2-8)28-19(27)26-13-5-10(21)11(22)7-15(13)29-18-14(26)6-12(23)16(24)17(18)25/h1-7H. The largest absolute Gasteiger partial charge is 0.424 e. The van der Waals surface area contributed by atoms with Crippen LogP contribution in [0.25, 0.3) is 0 Å². The van der Waals surface area contributed by atoms with E-state index in [0.717, 1.165) is 0 Å². The second-order valence-electron chi connectivity index (χ2n) is 5.83. The van der Waals surface area contributed by atoms with Crippen LogP contribution in [0.3, 0.4) is 0 Å². The molecule has 0 atom stereocenters. The molecule has 10 heteroatoms. The zero-order valence-electron chi connectivity index (χ0n) is 14.0. The van der Waals surface area contributed by atoms with Gasteiger partial charge in [0.25, 0.3) is 0 Å². The first-order valence-corrected chi connectivity index (χ1v) is 11.0. The molecule has 0 aliphatic carbocycles. The van der Waals surface area contributed by atoms with Gasteiger partial charge in [-0.25, -0.2) is 9.69 Å². The summed E-state index contributed by atoms with van der Waals surface area (Å²) in [5, 5.41) is 1.75. The monoisotopic (exact) mass is 523 g/mol. The molecule has 0 radical (unpaired) electrons. The van der Waals surface area contributed by atoms with Crippen molar-refractivity contribution >= 4 is 98.8 Å². The molecule has 0 aromatic heterocycles. The Morgan fingerprint density at radius 3 is 2.10 bits per heavy atom. The molecule has 0 N–H and O–H groups in total. The van der Waals surface area contributed by atoms with Crippen LogP contribution in [0.1, 0.15) is 0 Å². The topological polar surface area (TPSA) is 29.5 Å². The van der Waals surface area contributed by atoms with Crippen LogP contribution < -0.4 is 9.64 Å². The Morgan fingerprint density at radius 1 is 0.793 bits per heavy atom. The van der Waals surface area contributed by atoms with Crippen molar-refractivity contribution in [3.05, 3.63) is 72.6 Å². The number of fused-ring (bicyclic) bond motifs is 2. The normalized spacial score (nSPS) is 12.4. The van der Waals surface area contributed by atoms with Crippen molar-refractivity contribution in [3.8, 4) is 5.75 Å². The van der Waals surface area contributed by atoms with Crippen LogP contribution in [0.2, 0.25) is 30.1 Å². The predicted octanol–water partition coefficient (Wildman–Crippen LogP) is 9.41. The lowest BCUT2D eigenvalue weighted by Crippen LogP contribution is -2.31. The van der Waals surface area contributed by atoms with E-state index in [0.29, 0.717) is 37.0 Å². The number of carbonyl (C=O) groups excluding carboxylic acids is 1. The van der Waals surface area contributed by atoms with Crippen LogP contribution >= 0.6 is 81.4 Å². The Bertz CT molecular complexity index is 1150. The zero-order valence-corrected chi connectivity index (χ0v) is 19.3. The molecule has 0 spiro atoms. The van der Waals surface area contributed by atoms with Crippen molar-refractivity contribution in [2.24, 2.45) is 0 Å². The van der Waals surface area contributed by atoms with Gasteiger partial charge in [-0.15, -0.1) is 0 Å². The van der Waals surface area contributed by atoms with Gasteiger partial charge in [0.05, 0.1) is 41.4 Å². The maximum atomic E-state index is 13.1. The molecule has 3 aromatic carbocycles. The van der Waals surface area contributed by atoms with Gasteiger partial charge in [0.1, 0.15) is 5.75 Å². The maximum absolute atomic E-state index is 13.1. The summed E-state index contributed by atoms with van der Waals surface area (Å²) in [6, 6.07) is 11.2. The summed E-state index contributed by atoms with van der Waals surface area (Å²) >= 11 is 38.4. The van der Waals surface area contributed by atoms with E-state index in [1.54, 1.807) is 42.5 Å². The molecular formula is C19H7Cl6NO2S. The minimum Gasteiger partial charge on any atom is -0.410 e. The molecule has 148 valence electrons. The summed E-state index contributed by atoms with van der Waals surface area (Å²) in [5.41, 5.74) is 0.893. The third kappa shape index (κ3) is 4.00. The van der Waals surface area contributed by atoms with Crippen molar-refractivity contribution in [2.75, 3.05) is 4.90 Å². The van der Waals surface area contributed by atoms with E-state index in [2.05, 4.69) is 0 Å². The van der Waals surface area contributed by atoms with Gasteiger partial charge in [0.15, 0.2) is 0 Å². The highest BCUT2D eigenvalue weighted by atomic mass is 35.5. The van der Waals surface area contributed by atoms with Crippen molar-refractivity contribution in [1.82, 2.24) is 0 Å². The van der Waals surface area contributed by atoms with Gasteiger partial charge >= 0.3 is 6.09 Å². The van der Waals surface area contributed by atoms with Crippen LogP contribution in [0, 0.1) is 0 Å². The first-order chi connectivity index (χ1) is 13.8. The SMILES string of the molecule is O=C(Oc1ccc(Cl)cc1)N1c2cc(Cl)c(Cl)cc2Sc2c1cc(Cl)c(Cl)c2Cl. The average molecular weight is 526 g/mol. The second kappa shape index (κ2) is 8.27. The Morgan fingerprint density at radius 2 is 1.41 bits per heavy atom. The predicted molar refractivity (Wildman–Crippen MR) is 122 cm³/mol. The summed E-state index contributed by atoms with van der Waals surface area (Å²) in [4.78, 5) is 15.7. The number of anilines is 2. The van der Waals surface area contributed by atoms with Crippen LogP contribution in [0.5, 0.6) is 5.75 Å². The van der Waals surface area contributed by atoms with Gasteiger partial charge < -0.3 is 4.74 Å². The van der Waals surface area contributed by atoms with Crippen LogP contribution in [-0.4, -0.2) is 6.09 Å². The van der Waals surface area contributed by atoms with E-state index in [1.807, 2.05) is 0 Å². The third-order valence-electron chi connectivity index (χ3n) is 3.99. The van der Waals surface area contributed by atoms with E-state index in [-0.39, 0.29) is 20.1 Å². The molecule has 0 saturated carbocycles. The zero-order chi connectivity index (χ0) is 20.9. The number of nitrogens with zero attached hydrogens (tertiary/aromatic N) is 1. The fraction of sp³-hybridized carbons (Fsp3) is 0. The molecule has 4 rings (SSSR count). The Labute approximate surface area is 200 Å². The van der Waals surface area contributed by atoms with Crippen LogP contribution in [0.15, 0.2) is 52.3 Å². The molecule has 0 fully saturated rings. The molecule has 0 unspecified atom stereocenters. The van der Waals surface area contributed by atoms with Crippen molar-refractivity contribution in [2.45, 2.75) is 9.79 Å². The number of hydrogen-bond acceptors (Lipinski definition) is 3. The molecule has 1 aliphatic rings. The lowest BCUT2D eigenvalue weighted by molar-refractivity contribution is 0.210.